The van der Waals surface area contributed by atoms with Gasteiger partial charge in [-0.3, -0.25) is 19.3 Å². The van der Waals surface area contributed by atoms with E-state index in [9.17, 15) is 14.4 Å². The Bertz CT molecular complexity index is 1500. The maximum atomic E-state index is 13.4. The Morgan fingerprint density at radius 3 is 2.52 bits per heavy atom. The smallest absolute Gasteiger partial charge is 0.288 e. The third-order valence-corrected chi connectivity index (χ3v) is 9.26. The molecule has 3 aromatic carbocycles. The van der Waals surface area contributed by atoms with Gasteiger partial charge in [-0.15, -0.1) is 0 Å². The minimum Gasteiger partial charge on any atom is -0.484 e. The molecule has 8 nitrogen and oxygen atoms in total. The van der Waals surface area contributed by atoms with Gasteiger partial charge in [0.2, 0.25) is 12.7 Å². The van der Waals surface area contributed by atoms with Gasteiger partial charge in [-0.2, -0.15) is 0 Å². The van der Waals surface area contributed by atoms with Gasteiger partial charge in [0.1, 0.15) is 5.75 Å². The van der Waals surface area contributed by atoms with Crippen LogP contribution in [0.25, 0.3) is 10.8 Å². The molecule has 1 saturated heterocycles. The molecule has 0 spiro atoms. The van der Waals surface area contributed by atoms with Crippen LogP contribution < -0.4 is 19.5 Å². The zero-order valence-corrected chi connectivity index (χ0v) is 24.7. The number of carbonyl (C=O) groups is 3. The Balaban J connectivity index is 1.24. The van der Waals surface area contributed by atoms with Crippen molar-refractivity contribution in [1.82, 2.24) is 10.2 Å². The van der Waals surface area contributed by atoms with Crippen molar-refractivity contribution in [2.24, 2.45) is 0 Å². The van der Waals surface area contributed by atoms with Crippen molar-refractivity contribution in [2.45, 2.75) is 63.8 Å². The lowest BCUT2D eigenvalue weighted by Crippen LogP contribution is -2.37. The fraction of sp³-hybridized carbons (Fsp3) is 0.424. The van der Waals surface area contributed by atoms with E-state index in [1.807, 2.05) is 49.4 Å². The molecular formula is C33H36N2O6S. The molecule has 2 aliphatic heterocycles. The molecule has 0 aromatic heterocycles. The maximum absolute atomic E-state index is 13.4. The number of thioether (sulfide) groups is 1. The van der Waals surface area contributed by atoms with Crippen LogP contribution in [0, 0.1) is 6.92 Å². The Kier molecular flexibility index (Phi) is 8.55. The Morgan fingerprint density at radius 2 is 1.76 bits per heavy atom. The van der Waals surface area contributed by atoms with E-state index in [-0.39, 0.29) is 48.8 Å². The summed E-state index contributed by atoms with van der Waals surface area (Å²) in [7, 11) is 0. The summed E-state index contributed by atoms with van der Waals surface area (Å²) < 4.78 is 17.1. The first-order chi connectivity index (χ1) is 20.4. The molecule has 0 bridgehead atoms. The zero-order valence-electron chi connectivity index (χ0n) is 23.9. The molecule has 1 unspecified atom stereocenters. The van der Waals surface area contributed by atoms with Crippen molar-refractivity contribution < 1.29 is 28.6 Å². The number of benzene rings is 3. The van der Waals surface area contributed by atoms with Crippen molar-refractivity contribution in [3.05, 3.63) is 65.2 Å². The van der Waals surface area contributed by atoms with Gasteiger partial charge in [0.15, 0.2) is 18.1 Å². The Labute approximate surface area is 250 Å². The molecule has 220 valence electrons. The van der Waals surface area contributed by atoms with Gasteiger partial charge in [0.25, 0.3) is 11.1 Å². The average molecular weight is 589 g/mol. The highest BCUT2D eigenvalue weighted by atomic mass is 32.2. The monoisotopic (exact) mass is 588 g/mol. The van der Waals surface area contributed by atoms with E-state index in [0.717, 1.165) is 53.1 Å². The number of rotatable bonds is 8. The van der Waals surface area contributed by atoms with Crippen molar-refractivity contribution in [3.63, 3.8) is 0 Å². The zero-order chi connectivity index (χ0) is 29.1. The molecule has 3 aliphatic rings. The van der Waals surface area contributed by atoms with Crippen LogP contribution >= 0.6 is 11.8 Å². The second-order valence-corrected chi connectivity index (χ2v) is 12.3. The largest absolute Gasteiger partial charge is 0.484 e. The number of amides is 3. The molecule has 1 atom stereocenters. The highest BCUT2D eigenvalue weighted by Gasteiger charge is 2.31. The second-order valence-electron chi connectivity index (χ2n) is 11.3. The predicted octanol–water partition coefficient (Wildman–Crippen LogP) is 6.31. The van der Waals surface area contributed by atoms with Crippen molar-refractivity contribution in [1.29, 1.82) is 0 Å². The number of imide groups is 1. The highest BCUT2D eigenvalue weighted by Crippen LogP contribution is 2.41. The minimum absolute atomic E-state index is 0.0307. The molecule has 6 rings (SSSR count). The summed E-state index contributed by atoms with van der Waals surface area (Å²) in [5.41, 5.74) is 2.88. The first-order valence-corrected chi connectivity index (χ1v) is 15.8. The van der Waals surface area contributed by atoms with Crippen LogP contribution in [-0.4, -0.2) is 53.7 Å². The second kappa shape index (κ2) is 12.7. The van der Waals surface area contributed by atoms with Crippen molar-refractivity contribution in [2.75, 3.05) is 25.7 Å². The Morgan fingerprint density at radius 1 is 1.00 bits per heavy atom. The first kappa shape index (κ1) is 28.4. The molecule has 9 heteroatoms. The van der Waals surface area contributed by atoms with Crippen LogP contribution in [0.5, 0.6) is 17.2 Å². The lowest BCUT2D eigenvalue weighted by atomic mass is 9.84. The number of ether oxygens (including phenoxy) is 3. The van der Waals surface area contributed by atoms with Crippen LogP contribution in [0.3, 0.4) is 0 Å². The molecule has 3 amide bonds. The lowest BCUT2D eigenvalue weighted by Gasteiger charge is -2.23. The van der Waals surface area contributed by atoms with Crippen molar-refractivity contribution in [3.8, 4) is 17.2 Å². The average Bonchev–Trinajstić information content (AvgIpc) is 3.55. The van der Waals surface area contributed by atoms with Gasteiger partial charge in [-0.05, 0) is 71.5 Å². The van der Waals surface area contributed by atoms with Crippen LogP contribution in [0.2, 0.25) is 0 Å². The van der Waals surface area contributed by atoms with E-state index in [1.54, 1.807) is 0 Å². The third-order valence-electron chi connectivity index (χ3n) is 8.41. The van der Waals surface area contributed by atoms with Crippen LogP contribution in [0.15, 0.2) is 48.5 Å². The number of fused-ring (bicyclic) bond motifs is 2. The van der Waals surface area contributed by atoms with Gasteiger partial charge in [0.05, 0.1) is 0 Å². The molecule has 3 aromatic rings. The van der Waals surface area contributed by atoms with E-state index in [4.69, 9.17) is 14.2 Å². The topological polar surface area (TPSA) is 94.2 Å². The lowest BCUT2D eigenvalue weighted by molar-refractivity contribution is -0.127. The number of nitrogens with zero attached hydrogens (tertiary/aromatic N) is 1. The van der Waals surface area contributed by atoms with Crippen LogP contribution in [0.1, 0.15) is 67.6 Å². The minimum atomic E-state index is -0.301. The van der Waals surface area contributed by atoms with E-state index in [2.05, 4.69) is 11.4 Å². The standard InChI is InChI=1S/C33H36N2O6S/c1-21-14-29-30(41-20-40-29)17-27(21)28(18-32(37)35-12-13-42-33(35)38)23-9-8-22-10-11-26(16-24(22)15-23)39-19-31(36)34-25-6-4-2-3-5-7-25/h8-11,14-17,25,28H,2-7,12-13,18-20H2,1H3,(H,34,36). The van der Waals surface area contributed by atoms with Crippen LogP contribution in [0.4, 0.5) is 4.79 Å². The molecular weight excluding hydrogens is 552 g/mol. The highest BCUT2D eigenvalue weighted by molar-refractivity contribution is 8.13. The summed E-state index contributed by atoms with van der Waals surface area (Å²) in [6.07, 6.45) is 7.00. The summed E-state index contributed by atoms with van der Waals surface area (Å²) in [6.45, 7) is 2.57. The van der Waals surface area contributed by atoms with E-state index in [0.29, 0.717) is 29.5 Å². The molecule has 2 fully saturated rings. The van der Waals surface area contributed by atoms with E-state index >= 15 is 0 Å². The molecule has 1 aliphatic carbocycles. The fourth-order valence-electron chi connectivity index (χ4n) is 6.14. The Hall–Kier alpha value is -3.72. The summed E-state index contributed by atoms with van der Waals surface area (Å²) in [4.78, 5) is 39.6. The summed E-state index contributed by atoms with van der Waals surface area (Å²) in [6, 6.07) is 16.0. The SMILES string of the molecule is Cc1cc2c(cc1C(CC(=O)N1CCSC1=O)c1ccc3ccc(OCC(=O)NC4CCCCCC4)cc3c1)OCO2. The maximum Gasteiger partial charge on any atom is 0.288 e. The van der Waals surface area contributed by atoms with Gasteiger partial charge >= 0.3 is 0 Å². The fourth-order valence-corrected chi connectivity index (χ4v) is 6.94. The number of hydrogen-bond acceptors (Lipinski definition) is 7. The normalized spacial score (nSPS) is 17.7. The van der Waals surface area contributed by atoms with Crippen LogP contribution in [-0.2, 0) is 9.59 Å². The first-order valence-electron chi connectivity index (χ1n) is 14.8. The number of nitrogens with one attached hydrogen (secondary N) is 1. The molecule has 42 heavy (non-hydrogen) atoms. The van der Waals surface area contributed by atoms with E-state index in [1.165, 1.54) is 29.5 Å². The molecule has 1 saturated carbocycles. The van der Waals surface area contributed by atoms with Gasteiger partial charge in [-0.1, -0.05) is 61.7 Å². The molecule has 2 heterocycles. The molecule has 0 radical (unpaired) electrons. The summed E-state index contributed by atoms with van der Waals surface area (Å²) in [5.74, 6) is 1.99. The van der Waals surface area contributed by atoms with Gasteiger partial charge < -0.3 is 19.5 Å². The number of hydrogen-bond donors (Lipinski definition) is 1. The molecule has 1 N–H and O–H groups in total. The predicted molar refractivity (Wildman–Crippen MR) is 162 cm³/mol. The van der Waals surface area contributed by atoms with E-state index < -0.39 is 0 Å². The van der Waals surface area contributed by atoms with Gasteiger partial charge in [-0.25, -0.2) is 0 Å². The summed E-state index contributed by atoms with van der Waals surface area (Å²) >= 11 is 1.18. The number of aryl methyl sites for hydroxylation is 1. The third kappa shape index (κ3) is 6.36. The van der Waals surface area contributed by atoms with Gasteiger partial charge in [0, 0.05) is 30.7 Å². The van der Waals surface area contributed by atoms with Crippen molar-refractivity contribution >= 4 is 39.6 Å². The number of carbonyl (C=O) groups excluding carboxylic acids is 3. The quantitative estimate of drug-likeness (QED) is 0.308. The summed E-state index contributed by atoms with van der Waals surface area (Å²) in [5, 5.41) is 4.90.